The molecule has 2 N–H and O–H groups in total. The van der Waals surface area contributed by atoms with Gasteiger partial charge < -0.3 is 10.6 Å². The Kier molecular flexibility index (Phi) is 4.94. The topological polar surface area (TPSA) is 29.3 Å². The van der Waals surface area contributed by atoms with E-state index in [1.807, 2.05) is 0 Å². The van der Waals surface area contributed by atoms with Gasteiger partial charge in [-0.25, -0.2) is 0 Å². The molecule has 0 aromatic heterocycles. The molecule has 2 saturated carbocycles. The summed E-state index contributed by atoms with van der Waals surface area (Å²) >= 11 is 0. The van der Waals surface area contributed by atoms with Crippen LogP contribution in [0.1, 0.15) is 65.7 Å². The molecule has 0 aromatic carbocycles. The van der Waals surface area contributed by atoms with Gasteiger partial charge in [-0.15, -0.1) is 0 Å². The van der Waals surface area contributed by atoms with E-state index in [1.165, 1.54) is 51.5 Å². The Balaban J connectivity index is 1.91. The van der Waals surface area contributed by atoms with Crippen LogP contribution >= 0.6 is 0 Å². The SMILES string of the molecule is CC1CCCCC1N(C)CC1CC(C)(C)CCC1N. The van der Waals surface area contributed by atoms with Gasteiger partial charge >= 0.3 is 0 Å². The van der Waals surface area contributed by atoms with Crippen LogP contribution in [0.25, 0.3) is 0 Å². The van der Waals surface area contributed by atoms with Crippen LogP contribution in [-0.4, -0.2) is 30.6 Å². The fourth-order valence-electron chi connectivity index (χ4n) is 4.41. The molecule has 0 aromatic rings. The molecule has 2 fully saturated rings. The summed E-state index contributed by atoms with van der Waals surface area (Å²) < 4.78 is 0. The molecular formula is C17H34N2. The lowest BCUT2D eigenvalue weighted by atomic mass is 9.70. The van der Waals surface area contributed by atoms with E-state index in [-0.39, 0.29) is 0 Å². The Morgan fingerprint density at radius 3 is 2.53 bits per heavy atom. The van der Waals surface area contributed by atoms with Crippen molar-refractivity contribution < 1.29 is 0 Å². The minimum absolute atomic E-state index is 0.425. The van der Waals surface area contributed by atoms with Gasteiger partial charge in [0.25, 0.3) is 0 Å². The highest BCUT2D eigenvalue weighted by Gasteiger charge is 2.35. The van der Waals surface area contributed by atoms with Crippen molar-refractivity contribution >= 4 is 0 Å². The largest absolute Gasteiger partial charge is 0.327 e. The molecule has 2 nitrogen and oxygen atoms in total. The minimum Gasteiger partial charge on any atom is -0.327 e. The molecular weight excluding hydrogens is 232 g/mol. The predicted octanol–water partition coefficient (Wildman–Crippen LogP) is 3.65. The Morgan fingerprint density at radius 2 is 1.84 bits per heavy atom. The van der Waals surface area contributed by atoms with Crippen LogP contribution < -0.4 is 5.73 Å². The van der Waals surface area contributed by atoms with Gasteiger partial charge in [-0.3, -0.25) is 0 Å². The Bertz CT molecular complexity index is 287. The van der Waals surface area contributed by atoms with Gasteiger partial charge in [-0.05, 0) is 56.4 Å². The second kappa shape index (κ2) is 6.13. The Labute approximate surface area is 120 Å². The first-order valence-corrected chi connectivity index (χ1v) is 8.35. The lowest BCUT2D eigenvalue weighted by Crippen LogP contribution is -2.48. The summed E-state index contributed by atoms with van der Waals surface area (Å²) in [7, 11) is 2.33. The molecule has 4 unspecified atom stereocenters. The number of hydrogen-bond donors (Lipinski definition) is 1. The second-order valence-electron chi connectivity index (χ2n) is 8.10. The minimum atomic E-state index is 0.425. The van der Waals surface area contributed by atoms with E-state index in [9.17, 15) is 0 Å². The Morgan fingerprint density at radius 1 is 1.16 bits per heavy atom. The molecule has 0 aliphatic heterocycles. The van der Waals surface area contributed by atoms with E-state index in [4.69, 9.17) is 5.73 Å². The van der Waals surface area contributed by atoms with E-state index >= 15 is 0 Å². The molecule has 19 heavy (non-hydrogen) atoms. The average molecular weight is 266 g/mol. The average Bonchev–Trinajstić information content (AvgIpc) is 2.34. The molecule has 2 aliphatic rings. The number of rotatable bonds is 3. The fraction of sp³-hybridized carbons (Fsp3) is 1.00. The molecule has 2 rings (SSSR count). The zero-order valence-electron chi connectivity index (χ0n) is 13.5. The summed E-state index contributed by atoms with van der Waals surface area (Å²) in [5.41, 5.74) is 6.89. The van der Waals surface area contributed by atoms with Crippen molar-refractivity contribution in [1.82, 2.24) is 4.90 Å². The van der Waals surface area contributed by atoms with Crippen molar-refractivity contribution in [3.63, 3.8) is 0 Å². The van der Waals surface area contributed by atoms with Crippen LogP contribution in [0.2, 0.25) is 0 Å². The lowest BCUT2D eigenvalue weighted by molar-refractivity contribution is 0.0775. The first kappa shape index (κ1) is 15.3. The molecule has 0 heterocycles. The summed E-state index contributed by atoms with van der Waals surface area (Å²) in [4.78, 5) is 2.63. The highest BCUT2D eigenvalue weighted by atomic mass is 15.1. The second-order valence-corrected chi connectivity index (χ2v) is 8.10. The zero-order chi connectivity index (χ0) is 14.0. The molecule has 0 spiro atoms. The summed E-state index contributed by atoms with van der Waals surface area (Å²) in [6, 6.07) is 1.22. The van der Waals surface area contributed by atoms with Gasteiger partial charge in [0, 0.05) is 18.6 Å². The van der Waals surface area contributed by atoms with Crippen molar-refractivity contribution in [1.29, 1.82) is 0 Å². The number of nitrogens with two attached hydrogens (primary N) is 1. The highest BCUT2D eigenvalue weighted by molar-refractivity contribution is 4.90. The normalized spacial score (nSPS) is 39.5. The maximum absolute atomic E-state index is 6.39. The van der Waals surface area contributed by atoms with Gasteiger partial charge in [0.15, 0.2) is 0 Å². The van der Waals surface area contributed by atoms with Crippen LogP contribution in [0, 0.1) is 17.3 Å². The van der Waals surface area contributed by atoms with Gasteiger partial charge in [0.05, 0.1) is 0 Å². The predicted molar refractivity (Wildman–Crippen MR) is 83.1 cm³/mol. The molecule has 2 aliphatic carbocycles. The van der Waals surface area contributed by atoms with Crippen molar-refractivity contribution in [2.45, 2.75) is 77.8 Å². The van der Waals surface area contributed by atoms with Crippen LogP contribution in [0.15, 0.2) is 0 Å². The summed E-state index contributed by atoms with van der Waals surface area (Å²) in [5, 5.41) is 0. The molecule has 0 saturated heterocycles. The first-order valence-electron chi connectivity index (χ1n) is 8.35. The van der Waals surface area contributed by atoms with E-state index in [2.05, 4.69) is 32.7 Å². The highest BCUT2D eigenvalue weighted by Crippen LogP contribution is 2.39. The molecule has 112 valence electrons. The van der Waals surface area contributed by atoms with Gasteiger partial charge in [-0.2, -0.15) is 0 Å². The van der Waals surface area contributed by atoms with Crippen LogP contribution in [0.4, 0.5) is 0 Å². The smallest absolute Gasteiger partial charge is 0.0118 e. The van der Waals surface area contributed by atoms with E-state index in [0.717, 1.165) is 12.0 Å². The maximum atomic E-state index is 6.39. The van der Waals surface area contributed by atoms with Gasteiger partial charge in [-0.1, -0.05) is 33.6 Å². The number of nitrogens with zero attached hydrogens (tertiary/aromatic N) is 1. The zero-order valence-corrected chi connectivity index (χ0v) is 13.5. The Hall–Kier alpha value is -0.0800. The van der Waals surface area contributed by atoms with E-state index in [0.29, 0.717) is 17.4 Å². The van der Waals surface area contributed by atoms with E-state index in [1.54, 1.807) is 0 Å². The third kappa shape index (κ3) is 3.95. The summed E-state index contributed by atoms with van der Waals surface area (Å²) in [5.74, 6) is 1.56. The van der Waals surface area contributed by atoms with Crippen molar-refractivity contribution in [3.05, 3.63) is 0 Å². The summed E-state index contributed by atoms with van der Waals surface area (Å²) in [6.07, 6.45) is 9.48. The van der Waals surface area contributed by atoms with Crippen molar-refractivity contribution in [3.8, 4) is 0 Å². The van der Waals surface area contributed by atoms with Gasteiger partial charge in [0.2, 0.25) is 0 Å². The van der Waals surface area contributed by atoms with Crippen LogP contribution in [0.3, 0.4) is 0 Å². The van der Waals surface area contributed by atoms with Crippen molar-refractivity contribution in [2.75, 3.05) is 13.6 Å². The molecule has 2 heteroatoms. The third-order valence-electron chi connectivity index (χ3n) is 5.73. The van der Waals surface area contributed by atoms with Crippen LogP contribution in [-0.2, 0) is 0 Å². The quantitative estimate of drug-likeness (QED) is 0.845. The van der Waals surface area contributed by atoms with Crippen molar-refractivity contribution in [2.24, 2.45) is 23.0 Å². The van der Waals surface area contributed by atoms with E-state index < -0.39 is 0 Å². The summed E-state index contributed by atoms with van der Waals surface area (Å²) in [6.45, 7) is 8.47. The molecule has 0 amide bonds. The standard InChI is InChI=1S/C17H34N2/c1-13-7-5-6-8-16(13)19(4)12-14-11-17(2,3)10-9-15(14)18/h13-16H,5-12,18H2,1-4H3. The molecule has 0 radical (unpaired) electrons. The molecule has 0 bridgehead atoms. The lowest BCUT2D eigenvalue weighted by Gasteiger charge is -2.43. The molecule has 4 atom stereocenters. The van der Waals surface area contributed by atoms with Crippen LogP contribution in [0.5, 0.6) is 0 Å². The van der Waals surface area contributed by atoms with Gasteiger partial charge in [0.1, 0.15) is 0 Å². The maximum Gasteiger partial charge on any atom is 0.0118 e. The first-order chi connectivity index (χ1) is 8.89. The third-order valence-corrected chi connectivity index (χ3v) is 5.73. The monoisotopic (exact) mass is 266 g/mol. The fourth-order valence-corrected chi connectivity index (χ4v) is 4.41. The number of hydrogen-bond acceptors (Lipinski definition) is 2.